The van der Waals surface area contributed by atoms with Crippen LogP contribution in [0.2, 0.25) is 0 Å². The van der Waals surface area contributed by atoms with Crippen LogP contribution in [0, 0.1) is 29.5 Å². The van der Waals surface area contributed by atoms with Crippen molar-refractivity contribution in [2.24, 2.45) is 23.7 Å². The standard InChI is InChI=1S/C24H20FNO5/c25-17-8-6-13(7-9-17)19(27)12-31-24(30)16-2-1-3-18(11-16)26-22(28)20-14-4-5-15(10-14)21(20)23(26)29/h1-3,6-9,11,14-15,20-21H,4-5,10,12H2/t14-,15-,20-,21+/m0/s1. The summed E-state index contributed by atoms with van der Waals surface area (Å²) in [6, 6.07) is 11.1. The van der Waals surface area contributed by atoms with Crippen LogP contribution in [0.1, 0.15) is 40.0 Å². The van der Waals surface area contributed by atoms with Crippen LogP contribution < -0.4 is 4.90 Å². The first-order valence-corrected chi connectivity index (χ1v) is 10.4. The predicted molar refractivity (Wildman–Crippen MR) is 108 cm³/mol. The van der Waals surface area contributed by atoms with E-state index in [1.165, 1.54) is 29.2 Å². The van der Waals surface area contributed by atoms with Gasteiger partial charge in [0.2, 0.25) is 11.8 Å². The van der Waals surface area contributed by atoms with Gasteiger partial charge in [0.05, 0.1) is 23.1 Å². The predicted octanol–water partition coefficient (Wildman–Crippen LogP) is 3.40. The number of halogens is 1. The van der Waals surface area contributed by atoms with E-state index in [2.05, 4.69) is 0 Å². The van der Waals surface area contributed by atoms with Crippen LogP contribution in [0.3, 0.4) is 0 Å². The number of nitrogens with zero attached hydrogens (tertiary/aromatic N) is 1. The maximum absolute atomic E-state index is 13.0. The van der Waals surface area contributed by atoms with Gasteiger partial charge < -0.3 is 4.74 Å². The topological polar surface area (TPSA) is 80.8 Å². The van der Waals surface area contributed by atoms with Crippen molar-refractivity contribution < 1.29 is 28.3 Å². The summed E-state index contributed by atoms with van der Waals surface area (Å²) in [6.07, 6.45) is 2.94. The van der Waals surface area contributed by atoms with E-state index < -0.39 is 24.2 Å². The molecule has 2 bridgehead atoms. The third kappa shape index (κ3) is 3.24. The number of Topliss-reactive ketones (excluding diaryl/α,β-unsaturated/α-hetero) is 1. The molecule has 0 aromatic heterocycles. The van der Waals surface area contributed by atoms with Crippen molar-refractivity contribution in [3.8, 4) is 0 Å². The SMILES string of the molecule is O=C(COC(=O)c1cccc(N2C(=O)[C@@H]3[C@H]4CC[C@@H](C4)[C@@H]3C2=O)c1)c1ccc(F)cc1. The quantitative estimate of drug-likeness (QED) is 0.420. The number of carbonyl (C=O) groups excluding carboxylic acids is 4. The van der Waals surface area contributed by atoms with Crippen LogP contribution in [0.4, 0.5) is 10.1 Å². The molecule has 3 aliphatic rings. The van der Waals surface area contributed by atoms with E-state index in [-0.39, 0.29) is 46.6 Å². The molecular weight excluding hydrogens is 401 g/mol. The summed E-state index contributed by atoms with van der Waals surface area (Å²) in [5.74, 6) is -1.95. The molecule has 31 heavy (non-hydrogen) atoms. The van der Waals surface area contributed by atoms with Crippen molar-refractivity contribution >= 4 is 29.3 Å². The van der Waals surface area contributed by atoms with Gasteiger partial charge in [-0.25, -0.2) is 9.18 Å². The molecule has 2 aromatic carbocycles. The molecule has 3 fully saturated rings. The second kappa shape index (κ2) is 7.41. The molecule has 5 rings (SSSR count). The fourth-order valence-corrected chi connectivity index (χ4v) is 5.37. The number of carbonyl (C=O) groups is 4. The molecule has 7 heteroatoms. The summed E-state index contributed by atoms with van der Waals surface area (Å²) in [4.78, 5) is 51.8. The zero-order chi connectivity index (χ0) is 21.7. The Balaban J connectivity index is 1.29. The van der Waals surface area contributed by atoms with Crippen molar-refractivity contribution in [1.29, 1.82) is 0 Å². The van der Waals surface area contributed by atoms with E-state index >= 15 is 0 Å². The zero-order valence-corrected chi connectivity index (χ0v) is 16.6. The highest BCUT2D eigenvalue weighted by atomic mass is 19.1. The normalized spacial score (nSPS) is 26.3. The molecule has 2 saturated carbocycles. The summed E-state index contributed by atoms with van der Waals surface area (Å²) < 4.78 is 18.1. The van der Waals surface area contributed by atoms with Gasteiger partial charge in [-0.2, -0.15) is 0 Å². The number of ether oxygens (including phenoxy) is 1. The maximum Gasteiger partial charge on any atom is 0.338 e. The maximum atomic E-state index is 13.0. The summed E-state index contributed by atoms with van der Waals surface area (Å²) in [5.41, 5.74) is 0.727. The number of fused-ring (bicyclic) bond motifs is 5. The second-order valence-corrected chi connectivity index (χ2v) is 8.45. The minimum absolute atomic E-state index is 0.144. The van der Waals surface area contributed by atoms with Crippen LogP contribution in [0.15, 0.2) is 48.5 Å². The highest BCUT2D eigenvalue weighted by molar-refractivity contribution is 6.22. The summed E-state index contributed by atoms with van der Waals surface area (Å²) in [6.45, 7) is -0.496. The molecule has 0 N–H and O–H groups in total. The first-order valence-electron chi connectivity index (χ1n) is 10.4. The summed E-state index contributed by atoms with van der Waals surface area (Å²) >= 11 is 0. The molecule has 0 spiro atoms. The summed E-state index contributed by atoms with van der Waals surface area (Å²) in [5, 5.41) is 0. The van der Waals surface area contributed by atoms with Gasteiger partial charge in [0.1, 0.15) is 5.82 Å². The Kier molecular flexibility index (Phi) is 4.68. The second-order valence-electron chi connectivity index (χ2n) is 8.45. The number of hydrogen-bond donors (Lipinski definition) is 0. The van der Waals surface area contributed by atoms with Crippen molar-refractivity contribution in [2.75, 3.05) is 11.5 Å². The lowest BCUT2D eigenvalue weighted by Gasteiger charge is -2.19. The van der Waals surface area contributed by atoms with Gasteiger partial charge in [0.25, 0.3) is 0 Å². The number of anilines is 1. The number of benzene rings is 2. The third-order valence-electron chi connectivity index (χ3n) is 6.77. The number of hydrogen-bond acceptors (Lipinski definition) is 5. The van der Waals surface area contributed by atoms with Crippen molar-refractivity contribution in [1.82, 2.24) is 0 Å². The highest BCUT2D eigenvalue weighted by Gasteiger charge is 2.61. The molecule has 4 atom stereocenters. The Hall–Kier alpha value is -3.35. The molecule has 2 aliphatic carbocycles. The van der Waals surface area contributed by atoms with Gasteiger partial charge in [0.15, 0.2) is 12.4 Å². The lowest BCUT2D eigenvalue weighted by Crippen LogP contribution is -2.32. The number of imide groups is 1. The van der Waals surface area contributed by atoms with E-state index in [1.807, 2.05) is 0 Å². The van der Waals surface area contributed by atoms with Crippen LogP contribution >= 0.6 is 0 Å². The first kappa shape index (κ1) is 19.6. The molecule has 0 radical (unpaired) electrons. The molecule has 2 aromatic rings. The molecule has 1 aliphatic heterocycles. The number of amides is 2. The van der Waals surface area contributed by atoms with Crippen molar-refractivity contribution in [2.45, 2.75) is 19.3 Å². The van der Waals surface area contributed by atoms with Gasteiger partial charge in [-0.1, -0.05) is 6.07 Å². The van der Waals surface area contributed by atoms with Crippen LogP contribution in [0.5, 0.6) is 0 Å². The van der Waals surface area contributed by atoms with E-state index in [4.69, 9.17) is 4.74 Å². The van der Waals surface area contributed by atoms with Crippen LogP contribution in [-0.4, -0.2) is 30.2 Å². The molecule has 1 heterocycles. The Labute approximate surface area is 178 Å². The van der Waals surface area contributed by atoms with E-state index in [1.54, 1.807) is 12.1 Å². The molecule has 6 nitrogen and oxygen atoms in total. The van der Waals surface area contributed by atoms with Gasteiger partial charge in [-0.3, -0.25) is 19.3 Å². The number of rotatable bonds is 5. The van der Waals surface area contributed by atoms with Gasteiger partial charge in [0, 0.05) is 5.56 Å². The van der Waals surface area contributed by atoms with Gasteiger partial charge in [-0.05, 0) is 73.6 Å². The molecule has 0 unspecified atom stereocenters. The van der Waals surface area contributed by atoms with E-state index in [9.17, 15) is 23.6 Å². The van der Waals surface area contributed by atoms with Crippen molar-refractivity contribution in [3.63, 3.8) is 0 Å². The highest BCUT2D eigenvalue weighted by Crippen LogP contribution is 2.56. The van der Waals surface area contributed by atoms with E-state index in [0.29, 0.717) is 5.69 Å². The zero-order valence-electron chi connectivity index (χ0n) is 16.6. The van der Waals surface area contributed by atoms with E-state index in [0.717, 1.165) is 31.4 Å². The van der Waals surface area contributed by atoms with Crippen LogP contribution in [0.25, 0.3) is 0 Å². The molecule has 1 saturated heterocycles. The number of esters is 1. The smallest absolute Gasteiger partial charge is 0.338 e. The average molecular weight is 421 g/mol. The first-order chi connectivity index (χ1) is 14.9. The minimum atomic E-state index is -0.739. The summed E-state index contributed by atoms with van der Waals surface area (Å²) in [7, 11) is 0. The molecule has 158 valence electrons. The fraction of sp³-hybridized carbons (Fsp3) is 0.333. The largest absolute Gasteiger partial charge is 0.454 e. The lowest BCUT2D eigenvalue weighted by atomic mass is 9.81. The Bertz CT molecular complexity index is 1070. The minimum Gasteiger partial charge on any atom is -0.454 e. The fourth-order valence-electron chi connectivity index (χ4n) is 5.37. The van der Waals surface area contributed by atoms with Crippen molar-refractivity contribution in [3.05, 3.63) is 65.5 Å². The van der Waals surface area contributed by atoms with Gasteiger partial charge in [-0.15, -0.1) is 0 Å². The molecule has 2 amide bonds. The average Bonchev–Trinajstić information content (AvgIpc) is 3.46. The van der Waals surface area contributed by atoms with Crippen LogP contribution in [-0.2, 0) is 14.3 Å². The Morgan fingerprint density at radius 2 is 1.58 bits per heavy atom. The lowest BCUT2D eigenvalue weighted by molar-refractivity contribution is -0.123. The van der Waals surface area contributed by atoms with Gasteiger partial charge >= 0.3 is 5.97 Å². The molecular formula is C24H20FNO5. The third-order valence-corrected chi connectivity index (χ3v) is 6.77. The monoisotopic (exact) mass is 421 g/mol. The Morgan fingerprint density at radius 3 is 2.23 bits per heavy atom. The Morgan fingerprint density at radius 1 is 0.935 bits per heavy atom. The number of ketones is 1.